The second-order valence-corrected chi connectivity index (χ2v) is 8.15. The maximum Gasteiger partial charge on any atom is 0.416 e. The largest absolute Gasteiger partial charge is 0.477 e. The second-order valence-electron chi connectivity index (χ2n) is 7.17. The molecule has 154 valence electrons. The predicted molar refractivity (Wildman–Crippen MR) is 117 cm³/mol. The number of nitrogens with zero attached hydrogens (tertiary/aromatic N) is 2. The fourth-order valence-corrected chi connectivity index (χ4v) is 4.78. The lowest BCUT2D eigenvalue weighted by Gasteiger charge is -2.21. The van der Waals surface area contributed by atoms with Gasteiger partial charge in [-0.05, 0) is 35.6 Å². The molecule has 1 aliphatic rings. The molecule has 2 aromatic carbocycles. The molecule has 0 unspecified atom stereocenters. The number of carbonyl (C=O) groups excluding carboxylic acids is 1. The third-order valence-corrected chi connectivity index (χ3v) is 6.38. The summed E-state index contributed by atoms with van der Waals surface area (Å²) in [5.74, 6) is -1.07. The average Bonchev–Trinajstić information content (AvgIpc) is 3.28. The number of aryl methyl sites for hydroxylation is 1. The van der Waals surface area contributed by atoms with Gasteiger partial charge in [0.2, 0.25) is 0 Å². The number of anilines is 1. The lowest BCUT2D eigenvalue weighted by molar-refractivity contribution is 0.0701. The Bertz CT molecular complexity index is 1060. The minimum Gasteiger partial charge on any atom is -0.477 e. The summed E-state index contributed by atoms with van der Waals surface area (Å²) in [6, 6.07) is 16.3. The van der Waals surface area contributed by atoms with E-state index in [-0.39, 0.29) is 17.4 Å². The molecule has 0 atom stereocenters. The van der Waals surface area contributed by atoms with Gasteiger partial charge in [-0.1, -0.05) is 66.8 Å². The van der Waals surface area contributed by atoms with Crippen LogP contribution in [0.2, 0.25) is 0 Å². The number of fused-ring (bicyclic) bond motifs is 3. The highest BCUT2D eigenvalue weighted by atomic mass is 32.1. The Labute approximate surface area is 178 Å². The van der Waals surface area contributed by atoms with Crippen LogP contribution >= 0.6 is 11.3 Å². The smallest absolute Gasteiger partial charge is 0.416 e. The van der Waals surface area contributed by atoms with Crippen molar-refractivity contribution in [1.29, 1.82) is 0 Å². The minimum absolute atomic E-state index is 0.0301. The van der Waals surface area contributed by atoms with Gasteiger partial charge in [-0.2, -0.15) is 0 Å². The molecular formula is C23H22N2O4S. The summed E-state index contributed by atoms with van der Waals surface area (Å²) in [6.45, 7) is 4.19. The number of benzene rings is 2. The van der Waals surface area contributed by atoms with Crippen LogP contribution in [0.3, 0.4) is 0 Å². The molecule has 1 amide bonds. The van der Waals surface area contributed by atoms with Crippen LogP contribution in [0.1, 0.15) is 45.8 Å². The van der Waals surface area contributed by atoms with Crippen LogP contribution in [0.25, 0.3) is 11.1 Å². The van der Waals surface area contributed by atoms with E-state index in [1.54, 1.807) is 6.92 Å². The first-order valence-corrected chi connectivity index (χ1v) is 10.7. The van der Waals surface area contributed by atoms with Gasteiger partial charge in [0.25, 0.3) is 0 Å². The minimum atomic E-state index is -1.04. The molecule has 0 spiro atoms. The summed E-state index contributed by atoms with van der Waals surface area (Å²) in [6.07, 6.45) is 0.190. The Kier molecular flexibility index (Phi) is 5.55. The quantitative estimate of drug-likeness (QED) is 0.582. The van der Waals surface area contributed by atoms with Crippen molar-refractivity contribution in [2.75, 3.05) is 18.1 Å². The Balaban J connectivity index is 1.56. The van der Waals surface area contributed by atoms with Crippen molar-refractivity contribution in [3.63, 3.8) is 0 Å². The zero-order valence-corrected chi connectivity index (χ0v) is 17.6. The molecule has 0 bridgehead atoms. The van der Waals surface area contributed by atoms with Gasteiger partial charge in [0.15, 0.2) is 5.13 Å². The van der Waals surface area contributed by atoms with Crippen molar-refractivity contribution in [3.05, 3.63) is 70.2 Å². The van der Waals surface area contributed by atoms with E-state index in [0.29, 0.717) is 23.8 Å². The molecule has 1 N–H and O–H groups in total. The van der Waals surface area contributed by atoms with Crippen molar-refractivity contribution in [1.82, 2.24) is 4.98 Å². The van der Waals surface area contributed by atoms with Gasteiger partial charge in [-0.25, -0.2) is 14.6 Å². The summed E-state index contributed by atoms with van der Waals surface area (Å²) in [7, 11) is 0. The van der Waals surface area contributed by atoms with Gasteiger partial charge in [-0.3, -0.25) is 4.90 Å². The fraction of sp³-hybridized carbons (Fsp3) is 0.261. The Hall–Kier alpha value is -3.19. The fourth-order valence-electron chi connectivity index (χ4n) is 3.86. The lowest BCUT2D eigenvalue weighted by Crippen LogP contribution is -2.33. The summed E-state index contributed by atoms with van der Waals surface area (Å²) < 4.78 is 5.72. The SMILES string of the molecule is CCCN(C(=O)OCC1c2ccccc2-c2ccccc21)c1nc(C)c(C(=O)O)s1. The van der Waals surface area contributed by atoms with E-state index in [1.807, 2.05) is 31.2 Å². The van der Waals surface area contributed by atoms with Gasteiger partial charge in [0.1, 0.15) is 11.5 Å². The van der Waals surface area contributed by atoms with Crippen molar-refractivity contribution in [2.24, 2.45) is 0 Å². The molecule has 6 nitrogen and oxygen atoms in total. The van der Waals surface area contributed by atoms with Crippen molar-refractivity contribution in [3.8, 4) is 11.1 Å². The molecule has 30 heavy (non-hydrogen) atoms. The zero-order chi connectivity index (χ0) is 21.3. The van der Waals surface area contributed by atoms with Gasteiger partial charge in [-0.15, -0.1) is 0 Å². The lowest BCUT2D eigenvalue weighted by atomic mass is 9.98. The number of carbonyl (C=O) groups is 2. The van der Waals surface area contributed by atoms with Gasteiger partial charge in [0.05, 0.1) is 5.69 Å². The van der Waals surface area contributed by atoms with Gasteiger partial charge >= 0.3 is 12.1 Å². The maximum absolute atomic E-state index is 12.9. The number of hydrogen-bond acceptors (Lipinski definition) is 5. The molecule has 0 aliphatic heterocycles. The number of aromatic nitrogens is 1. The van der Waals surface area contributed by atoms with E-state index in [2.05, 4.69) is 29.2 Å². The van der Waals surface area contributed by atoms with Crippen LogP contribution in [-0.4, -0.2) is 35.3 Å². The molecule has 1 heterocycles. The summed E-state index contributed by atoms with van der Waals surface area (Å²) in [5, 5.41) is 9.65. The standard InChI is InChI=1S/C23H22N2O4S/c1-3-12-25(22-24-14(2)20(30-22)21(26)27)23(28)29-13-19-17-10-6-4-8-15(17)16-9-5-7-11-18(16)19/h4-11,19H,3,12-13H2,1-2H3,(H,26,27). The van der Waals surface area contributed by atoms with Gasteiger partial charge < -0.3 is 9.84 Å². The monoisotopic (exact) mass is 422 g/mol. The number of ether oxygens (including phenoxy) is 1. The van der Waals surface area contributed by atoms with E-state index in [9.17, 15) is 14.7 Å². The number of hydrogen-bond donors (Lipinski definition) is 1. The first kappa shape index (κ1) is 20.1. The molecular weight excluding hydrogens is 400 g/mol. The topological polar surface area (TPSA) is 79.7 Å². The second kappa shape index (κ2) is 8.28. The maximum atomic E-state index is 12.9. The molecule has 4 rings (SSSR count). The number of rotatable bonds is 6. The Morgan fingerprint density at radius 3 is 2.23 bits per heavy atom. The molecule has 0 saturated carbocycles. The van der Waals surface area contributed by atoms with Gasteiger partial charge in [0, 0.05) is 12.5 Å². The average molecular weight is 423 g/mol. The number of carboxylic acid groups (broad SMARTS) is 1. The predicted octanol–water partition coefficient (Wildman–Crippen LogP) is 5.32. The number of amides is 1. The first-order valence-electron chi connectivity index (χ1n) is 9.84. The Morgan fingerprint density at radius 1 is 1.10 bits per heavy atom. The summed E-state index contributed by atoms with van der Waals surface area (Å²) >= 11 is 0.994. The normalized spacial score (nSPS) is 12.3. The highest BCUT2D eigenvalue weighted by Crippen LogP contribution is 2.44. The van der Waals surface area contributed by atoms with Crippen LogP contribution in [-0.2, 0) is 4.74 Å². The highest BCUT2D eigenvalue weighted by Gasteiger charge is 2.30. The Morgan fingerprint density at radius 2 is 1.70 bits per heavy atom. The van der Waals surface area contributed by atoms with Crippen molar-refractivity contribution >= 4 is 28.5 Å². The molecule has 1 aromatic heterocycles. The number of carboxylic acids is 1. The van der Waals surface area contributed by atoms with Crippen LogP contribution in [0.15, 0.2) is 48.5 Å². The zero-order valence-electron chi connectivity index (χ0n) is 16.8. The molecule has 0 fully saturated rings. The van der Waals surface area contributed by atoms with Crippen LogP contribution < -0.4 is 4.90 Å². The highest BCUT2D eigenvalue weighted by molar-refractivity contribution is 7.17. The van der Waals surface area contributed by atoms with Crippen LogP contribution in [0.5, 0.6) is 0 Å². The molecule has 1 aliphatic carbocycles. The first-order chi connectivity index (χ1) is 14.5. The van der Waals surface area contributed by atoms with E-state index >= 15 is 0 Å². The molecule has 3 aromatic rings. The number of aromatic carboxylic acids is 1. The van der Waals surface area contributed by atoms with Crippen LogP contribution in [0.4, 0.5) is 9.93 Å². The van der Waals surface area contributed by atoms with Crippen LogP contribution in [0, 0.1) is 6.92 Å². The van der Waals surface area contributed by atoms with E-state index < -0.39 is 12.1 Å². The number of thiazole rings is 1. The molecule has 7 heteroatoms. The van der Waals surface area contributed by atoms with E-state index in [0.717, 1.165) is 22.5 Å². The third-order valence-electron chi connectivity index (χ3n) is 5.21. The van der Waals surface area contributed by atoms with E-state index in [4.69, 9.17) is 4.74 Å². The van der Waals surface area contributed by atoms with Crippen molar-refractivity contribution in [2.45, 2.75) is 26.2 Å². The van der Waals surface area contributed by atoms with E-state index in [1.165, 1.54) is 16.0 Å². The molecule has 0 radical (unpaired) electrons. The third kappa shape index (κ3) is 3.57. The van der Waals surface area contributed by atoms with Crippen molar-refractivity contribution < 1.29 is 19.4 Å². The molecule has 0 saturated heterocycles. The summed E-state index contributed by atoms with van der Waals surface area (Å²) in [5.41, 5.74) is 5.02. The summed E-state index contributed by atoms with van der Waals surface area (Å²) in [4.78, 5) is 30.1.